The average molecular weight is 209 g/mol. The number of carbonyl (C=O) groups is 1. The molecule has 15 heavy (non-hydrogen) atoms. The second-order valence-corrected chi connectivity index (χ2v) is 3.59. The predicted molar refractivity (Wildman–Crippen MR) is 57.0 cm³/mol. The van der Waals surface area contributed by atoms with E-state index in [2.05, 4.69) is 0 Å². The van der Waals surface area contributed by atoms with Crippen LogP contribution in [0.25, 0.3) is 0 Å². The molecule has 4 nitrogen and oxygen atoms in total. The molecule has 0 radical (unpaired) electrons. The third kappa shape index (κ3) is 2.68. The molecule has 0 aromatic carbocycles. The number of aromatic nitrogens is 1. The van der Waals surface area contributed by atoms with Crippen LogP contribution < -0.4 is 5.56 Å². The van der Waals surface area contributed by atoms with E-state index in [1.165, 1.54) is 10.6 Å². The van der Waals surface area contributed by atoms with Crippen LogP contribution in [0.15, 0.2) is 23.1 Å². The number of hydrogen-bond donors (Lipinski definition) is 1. The Morgan fingerprint density at radius 3 is 2.73 bits per heavy atom. The zero-order chi connectivity index (χ0) is 11.4. The molecule has 0 bridgehead atoms. The molecular weight excluding hydrogens is 194 g/mol. The first-order chi connectivity index (χ1) is 7.06. The lowest BCUT2D eigenvalue weighted by Crippen LogP contribution is -2.29. The van der Waals surface area contributed by atoms with Crippen LogP contribution in [-0.2, 0) is 4.79 Å². The summed E-state index contributed by atoms with van der Waals surface area (Å²) in [6.07, 6.45) is 2.75. The van der Waals surface area contributed by atoms with Gasteiger partial charge >= 0.3 is 5.97 Å². The molecule has 0 fully saturated rings. The van der Waals surface area contributed by atoms with Gasteiger partial charge in [-0.15, -0.1) is 0 Å². The van der Waals surface area contributed by atoms with Gasteiger partial charge in [-0.1, -0.05) is 13.3 Å². The van der Waals surface area contributed by atoms with E-state index in [-0.39, 0.29) is 5.56 Å². The number of nitrogens with zero attached hydrogens (tertiary/aromatic N) is 1. The average Bonchev–Trinajstić information content (AvgIpc) is 2.15. The van der Waals surface area contributed by atoms with E-state index in [0.717, 1.165) is 12.0 Å². The molecule has 1 atom stereocenters. The molecule has 1 heterocycles. The molecule has 82 valence electrons. The SMILES string of the molecule is CCCC(C(=O)O)n1ccc(C)cc1=O. The molecule has 1 unspecified atom stereocenters. The highest BCUT2D eigenvalue weighted by molar-refractivity contribution is 5.71. The number of aryl methyl sites for hydroxylation is 1. The third-order valence-corrected chi connectivity index (χ3v) is 2.29. The van der Waals surface area contributed by atoms with Gasteiger partial charge in [0, 0.05) is 12.3 Å². The number of pyridine rings is 1. The molecular formula is C11H15NO3. The standard InChI is InChI=1S/C11H15NO3/c1-3-4-9(11(14)15)12-6-5-8(2)7-10(12)13/h5-7,9H,3-4H2,1-2H3,(H,14,15). The van der Waals surface area contributed by atoms with Crippen LogP contribution in [0.2, 0.25) is 0 Å². The number of hydrogen-bond acceptors (Lipinski definition) is 2. The van der Waals surface area contributed by atoms with Gasteiger partial charge in [0.2, 0.25) is 0 Å². The number of rotatable bonds is 4. The molecule has 1 aromatic rings. The first-order valence-electron chi connectivity index (χ1n) is 4.98. The fraction of sp³-hybridized carbons (Fsp3) is 0.455. The fourth-order valence-corrected chi connectivity index (χ4v) is 1.50. The van der Waals surface area contributed by atoms with Crippen molar-refractivity contribution < 1.29 is 9.90 Å². The van der Waals surface area contributed by atoms with Gasteiger partial charge in [-0.2, -0.15) is 0 Å². The molecule has 0 aliphatic carbocycles. The van der Waals surface area contributed by atoms with E-state index >= 15 is 0 Å². The molecule has 1 rings (SSSR count). The van der Waals surface area contributed by atoms with Crippen molar-refractivity contribution in [2.45, 2.75) is 32.7 Å². The van der Waals surface area contributed by atoms with Crippen molar-refractivity contribution in [1.29, 1.82) is 0 Å². The Kier molecular flexibility index (Phi) is 3.66. The Hall–Kier alpha value is -1.58. The molecule has 0 saturated carbocycles. The maximum atomic E-state index is 11.6. The van der Waals surface area contributed by atoms with E-state index in [4.69, 9.17) is 5.11 Å². The van der Waals surface area contributed by atoms with Crippen LogP contribution in [0.1, 0.15) is 31.4 Å². The highest BCUT2D eigenvalue weighted by Crippen LogP contribution is 2.11. The summed E-state index contributed by atoms with van der Waals surface area (Å²) in [5.74, 6) is -0.956. The van der Waals surface area contributed by atoms with Crippen molar-refractivity contribution in [2.24, 2.45) is 0 Å². The second-order valence-electron chi connectivity index (χ2n) is 3.59. The Morgan fingerprint density at radius 2 is 2.27 bits per heavy atom. The van der Waals surface area contributed by atoms with Gasteiger partial charge in [0.1, 0.15) is 6.04 Å². The van der Waals surface area contributed by atoms with Crippen molar-refractivity contribution in [3.8, 4) is 0 Å². The summed E-state index contributed by atoms with van der Waals surface area (Å²) in [7, 11) is 0. The minimum absolute atomic E-state index is 0.254. The molecule has 0 aliphatic heterocycles. The smallest absolute Gasteiger partial charge is 0.326 e. The maximum absolute atomic E-state index is 11.6. The predicted octanol–water partition coefficient (Wildman–Crippen LogP) is 1.58. The first-order valence-corrected chi connectivity index (χ1v) is 4.98. The summed E-state index contributed by atoms with van der Waals surface area (Å²) < 4.78 is 1.28. The Bertz CT molecular complexity index is 409. The Morgan fingerprint density at radius 1 is 1.60 bits per heavy atom. The Labute approximate surface area is 88.2 Å². The summed E-state index contributed by atoms with van der Waals surface area (Å²) in [5, 5.41) is 8.99. The normalized spacial score (nSPS) is 12.4. The number of aliphatic carboxylic acids is 1. The van der Waals surface area contributed by atoms with Crippen LogP contribution in [0.3, 0.4) is 0 Å². The molecule has 0 amide bonds. The minimum Gasteiger partial charge on any atom is -0.480 e. The van der Waals surface area contributed by atoms with Crippen LogP contribution in [0.4, 0.5) is 0 Å². The highest BCUT2D eigenvalue weighted by atomic mass is 16.4. The zero-order valence-electron chi connectivity index (χ0n) is 8.93. The molecule has 0 aliphatic rings. The lowest BCUT2D eigenvalue weighted by Gasteiger charge is -2.14. The minimum atomic E-state index is -0.956. The third-order valence-electron chi connectivity index (χ3n) is 2.29. The quantitative estimate of drug-likeness (QED) is 0.819. The number of carboxylic acid groups (broad SMARTS) is 1. The second kappa shape index (κ2) is 4.77. The van der Waals surface area contributed by atoms with Crippen molar-refractivity contribution in [1.82, 2.24) is 4.57 Å². The van der Waals surface area contributed by atoms with E-state index in [1.807, 2.05) is 6.92 Å². The van der Waals surface area contributed by atoms with Crippen molar-refractivity contribution in [3.05, 3.63) is 34.2 Å². The highest BCUT2D eigenvalue weighted by Gasteiger charge is 2.18. The van der Waals surface area contributed by atoms with Crippen LogP contribution in [0, 0.1) is 6.92 Å². The number of carboxylic acids is 1. The van der Waals surface area contributed by atoms with Gasteiger partial charge in [0.25, 0.3) is 5.56 Å². The maximum Gasteiger partial charge on any atom is 0.326 e. The van der Waals surface area contributed by atoms with E-state index in [1.54, 1.807) is 19.2 Å². The van der Waals surface area contributed by atoms with Gasteiger partial charge in [0.05, 0.1) is 0 Å². The van der Waals surface area contributed by atoms with E-state index in [9.17, 15) is 9.59 Å². The first kappa shape index (κ1) is 11.5. The van der Waals surface area contributed by atoms with Gasteiger partial charge in [0.15, 0.2) is 0 Å². The van der Waals surface area contributed by atoms with Crippen LogP contribution >= 0.6 is 0 Å². The van der Waals surface area contributed by atoms with Crippen molar-refractivity contribution >= 4 is 5.97 Å². The van der Waals surface area contributed by atoms with Gasteiger partial charge in [-0.3, -0.25) is 4.79 Å². The van der Waals surface area contributed by atoms with E-state index < -0.39 is 12.0 Å². The van der Waals surface area contributed by atoms with Gasteiger partial charge in [-0.05, 0) is 25.0 Å². The molecule has 0 spiro atoms. The largest absolute Gasteiger partial charge is 0.480 e. The van der Waals surface area contributed by atoms with Crippen LogP contribution in [-0.4, -0.2) is 15.6 Å². The summed E-state index contributed by atoms with van der Waals surface area (Å²) in [4.78, 5) is 22.5. The van der Waals surface area contributed by atoms with E-state index in [0.29, 0.717) is 6.42 Å². The molecule has 1 N–H and O–H groups in total. The summed E-state index contributed by atoms with van der Waals surface area (Å²) in [6, 6.07) is 2.45. The summed E-state index contributed by atoms with van der Waals surface area (Å²) in [5.41, 5.74) is 0.590. The van der Waals surface area contributed by atoms with Gasteiger partial charge in [-0.25, -0.2) is 4.79 Å². The van der Waals surface area contributed by atoms with Crippen molar-refractivity contribution in [2.75, 3.05) is 0 Å². The summed E-state index contributed by atoms with van der Waals surface area (Å²) >= 11 is 0. The Balaban J connectivity index is 3.11. The molecule has 1 aromatic heterocycles. The summed E-state index contributed by atoms with van der Waals surface area (Å²) in [6.45, 7) is 3.70. The lowest BCUT2D eigenvalue weighted by molar-refractivity contribution is -0.141. The monoisotopic (exact) mass is 209 g/mol. The topological polar surface area (TPSA) is 59.3 Å². The lowest BCUT2D eigenvalue weighted by atomic mass is 10.1. The molecule has 0 saturated heterocycles. The van der Waals surface area contributed by atoms with Gasteiger partial charge < -0.3 is 9.67 Å². The zero-order valence-corrected chi connectivity index (χ0v) is 8.93. The fourth-order valence-electron chi connectivity index (χ4n) is 1.50. The molecule has 4 heteroatoms. The van der Waals surface area contributed by atoms with Crippen LogP contribution in [0.5, 0.6) is 0 Å². The van der Waals surface area contributed by atoms with Crippen molar-refractivity contribution in [3.63, 3.8) is 0 Å².